The van der Waals surface area contributed by atoms with Crippen LogP contribution in [-0.4, -0.2) is 154 Å². The lowest BCUT2D eigenvalue weighted by atomic mass is 9.80. The molecule has 0 amide bonds. The van der Waals surface area contributed by atoms with Crippen molar-refractivity contribution in [2.75, 3.05) is 46.8 Å². The molecule has 0 bridgehead atoms. The molecule has 2 aliphatic heterocycles. The summed E-state index contributed by atoms with van der Waals surface area (Å²) in [6, 6.07) is 0. The Morgan fingerprint density at radius 1 is 0.756 bits per heavy atom. The minimum absolute atomic E-state index is 0.335. The summed E-state index contributed by atoms with van der Waals surface area (Å²) in [4.78, 5) is 0. The number of hydrogen-bond acceptors (Lipinski definition) is 17. The van der Waals surface area contributed by atoms with Crippen molar-refractivity contribution < 1.29 is 90.8 Å². The molecule has 2 heterocycles. The Labute approximate surface area is 235 Å². The maximum absolute atomic E-state index is 11.5. The predicted molar refractivity (Wildman–Crippen MR) is 128 cm³/mol. The van der Waals surface area contributed by atoms with E-state index >= 15 is 0 Å². The van der Waals surface area contributed by atoms with Gasteiger partial charge in [-0.25, -0.2) is 12.5 Å². The maximum atomic E-state index is 11.5. The molecule has 0 saturated carbocycles. The van der Waals surface area contributed by atoms with Crippen LogP contribution in [0.5, 0.6) is 0 Å². The molecule has 0 aliphatic carbocycles. The topological polar surface area (TPSA) is 309 Å². The summed E-state index contributed by atoms with van der Waals surface area (Å²) in [5, 5.41) is 40.9. The van der Waals surface area contributed by atoms with Gasteiger partial charge < -0.3 is 39.4 Å². The van der Waals surface area contributed by atoms with Gasteiger partial charge in [0, 0.05) is 18.9 Å². The molecular formula is C18H34O20S3. The first kappa shape index (κ1) is 36.5. The molecule has 7 N–H and O–H groups in total. The second-order valence-electron chi connectivity index (χ2n) is 9.47. The zero-order chi connectivity index (χ0) is 31.4. The smallest absolute Gasteiger partial charge is 0.394 e. The third-order valence-electron chi connectivity index (χ3n) is 6.50. The van der Waals surface area contributed by atoms with Crippen molar-refractivity contribution in [1.29, 1.82) is 0 Å². The molecule has 2 saturated heterocycles. The van der Waals surface area contributed by atoms with Crippen LogP contribution in [0, 0.1) is 11.8 Å². The van der Waals surface area contributed by atoms with E-state index in [0.29, 0.717) is 0 Å². The van der Waals surface area contributed by atoms with Crippen molar-refractivity contribution in [3.05, 3.63) is 0 Å². The van der Waals surface area contributed by atoms with Crippen molar-refractivity contribution in [1.82, 2.24) is 0 Å². The van der Waals surface area contributed by atoms with Gasteiger partial charge >= 0.3 is 31.2 Å². The second kappa shape index (κ2) is 14.4. The Bertz CT molecular complexity index is 1160. The van der Waals surface area contributed by atoms with Gasteiger partial charge in [0.1, 0.15) is 30.0 Å². The normalized spacial score (nSPS) is 37.2. The number of ether oxygens (including phenoxy) is 4. The van der Waals surface area contributed by atoms with Crippen LogP contribution in [0.25, 0.3) is 0 Å². The Morgan fingerprint density at radius 2 is 1.34 bits per heavy atom. The van der Waals surface area contributed by atoms with Crippen LogP contribution < -0.4 is 0 Å². The van der Waals surface area contributed by atoms with Crippen LogP contribution in [0.15, 0.2) is 0 Å². The van der Waals surface area contributed by atoms with Crippen LogP contribution in [0.3, 0.4) is 0 Å². The highest BCUT2D eigenvalue weighted by Crippen LogP contribution is 2.37. The van der Waals surface area contributed by atoms with Crippen LogP contribution in [0.1, 0.15) is 6.92 Å². The maximum Gasteiger partial charge on any atom is 0.397 e. The van der Waals surface area contributed by atoms with Gasteiger partial charge in [-0.3, -0.25) is 13.7 Å². The Hall–Kier alpha value is -0.710. The average Bonchev–Trinajstić information content (AvgIpc) is 2.83. The summed E-state index contributed by atoms with van der Waals surface area (Å²) in [7, 11) is -14.2. The van der Waals surface area contributed by atoms with Crippen LogP contribution in [-0.2, 0) is 62.7 Å². The van der Waals surface area contributed by atoms with Crippen LogP contribution >= 0.6 is 0 Å². The lowest BCUT2D eigenvalue weighted by Crippen LogP contribution is -2.64. The molecule has 41 heavy (non-hydrogen) atoms. The largest absolute Gasteiger partial charge is 0.397 e. The number of aliphatic hydroxyl groups excluding tert-OH is 4. The SMILES string of the molecule is COC[C@H]1C(OS(=O)(=O)O)[C@H](COC[C@H]2C(COS(=O)(=O)O)O[C@H](CO)C(OS(=O)(=O)O)[C@@H]2O)OC(C)(CO)[C@@H]1O. The molecule has 2 fully saturated rings. The van der Waals surface area contributed by atoms with Crippen LogP contribution in [0.2, 0.25) is 0 Å². The molecule has 20 nitrogen and oxygen atoms in total. The highest BCUT2D eigenvalue weighted by molar-refractivity contribution is 7.81. The number of hydrogen-bond donors (Lipinski definition) is 7. The van der Waals surface area contributed by atoms with Gasteiger partial charge in [-0.1, -0.05) is 0 Å². The molecule has 23 heteroatoms. The molecule has 10 atom stereocenters. The van der Waals surface area contributed by atoms with Crippen molar-refractivity contribution in [2.45, 2.75) is 55.3 Å². The summed E-state index contributed by atoms with van der Waals surface area (Å²) in [6.45, 7) is -3.12. The quantitative estimate of drug-likeness (QED) is 0.0813. The van der Waals surface area contributed by atoms with Gasteiger partial charge in [0.05, 0.1) is 58.0 Å². The van der Waals surface area contributed by atoms with Gasteiger partial charge in [-0.15, -0.1) is 0 Å². The average molecular weight is 667 g/mol. The molecule has 0 aromatic rings. The Morgan fingerprint density at radius 3 is 1.83 bits per heavy atom. The monoisotopic (exact) mass is 666 g/mol. The Kier molecular flexibility index (Phi) is 12.8. The van der Waals surface area contributed by atoms with Crippen molar-refractivity contribution in [3.8, 4) is 0 Å². The number of methoxy groups -OCH3 is 1. The zero-order valence-corrected chi connectivity index (χ0v) is 24.1. The van der Waals surface area contributed by atoms with Gasteiger partial charge in [-0.2, -0.15) is 25.3 Å². The molecule has 2 aliphatic rings. The molecule has 0 radical (unpaired) electrons. The van der Waals surface area contributed by atoms with E-state index in [1.165, 1.54) is 14.0 Å². The van der Waals surface area contributed by atoms with Gasteiger partial charge in [-0.05, 0) is 6.92 Å². The standard InChI is InChI=1S/C18H34O20S3/c1-18(8-20)17(22)10(4-32-2)15(37-40(26,27)28)13(36-18)6-33-5-9-12(7-34-39(23,24)25)35-11(3-19)16(14(9)21)38-41(29,30)31/h9-17,19-22H,3-8H2,1-2H3,(H,23,24,25)(H,26,27,28)(H,29,30,31)/t9-,10-,11+,12?,13-,14+,15?,16?,17+,18?/m0/s1. The fraction of sp³-hybridized carbons (Fsp3) is 1.00. The second-order valence-corrected chi connectivity index (χ2v) is 12.7. The first-order valence-electron chi connectivity index (χ1n) is 11.7. The van der Waals surface area contributed by atoms with E-state index in [9.17, 15) is 50.2 Å². The highest BCUT2D eigenvalue weighted by Gasteiger charge is 2.54. The molecule has 4 unspecified atom stereocenters. The molecule has 244 valence electrons. The minimum Gasteiger partial charge on any atom is -0.394 e. The highest BCUT2D eigenvalue weighted by atomic mass is 32.3. The van der Waals surface area contributed by atoms with Crippen molar-refractivity contribution >= 4 is 31.2 Å². The zero-order valence-electron chi connectivity index (χ0n) is 21.6. The first-order chi connectivity index (χ1) is 18.7. The van der Waals surface area contributed by atoms with E-state index in [-0.39, 0.29) is 6.61 Å². The van der Waals surface area contributed by atoms with E-state index < -0.39 is 124 Å². The number of rotatable bonds is 15. The van der Waals surface area contributed by atoms with Crippen molar-refractivity contribution in [2.24, 2.45) is 11.8 Å². The van der Waals surface area contributed by atoms with E-state index in [4.69, 9.17) is 32.2 Å². The Balaban J connectivity index is 2.33. The van der Waals surface area contributed by atoms with E-state index in [1.807, 2.05) is 0 Å². The van der Waals surface area contributed by atoms with Gasteiger partial charge in [0.25, 0.3) is 0 Å². The fourth-order valence-electron chi connectivity index (χ4n) is 4.64. The van der Waals surface area contributed by atoms with E-state index in [2.05, 4.69) is 8.37 Å². The summed E-state index contributed by atoms with van der Waals surface area (Å²) < 4.78 is 130. The third-order valence-corrected chi connectivity index (χ3v) is 7.87. The van der Waals surface area contributed by atoms with Crippen LogP contribution in [0.4, 0.5) is 0 Å². The summed E-state index contributed by atoms with van der Waals surface area (Å²) in [5.74, 6) is -2.67. The summed E-state index contributed by atoms with van der Waals surface area (Å²) in [5.41, 5.74) is -1.71. The molecule has 2 rings (SSSR count). The summed E-state index contributed by atoms with van der Waals surface area (Å²) >= 11 is 0. The third kappa shape index (κ3) is 10.5. The predicted octanol–water partition coefficient (Wildman–Crippen LogP) is -4.29. The van der Waals surface area contributed by atoms with Gasteiger partial charge in [0.2, 0.25) is 0 Å². The molecule has 0 aromatic carbocycles. The lowest BCUT2D eigenvalue weighted by Gasteiger charge is -2.49. The van der Waals surface area contributed by atoms with Gasteiger partial charge in [0.15, 0.2) is 0 Å². The van der Waals surface area contributed by atoms with E-state index in [1.54, 1.807) is 0 Å². The fourth-order valence-corrected chi connectivity index (χ4v) is 6.01. The summed E-state index contributed by atoms with van der Waals surface area (Å²) in [6.07, 6.45) is -11.7. The van der Waals surface area contributed by atoms with E-state index in [0.717, 1.165) is 0 Å². The molecule has 0 aromatic heterocycles. The van der Waals surface area contributed by atoms with Crippen molar-refractivity contribution in [3.63, 3.8) is 0 Å². The first-order valence-corrected chi connectivity index (χ1v) is 15.8. The molecule has 0 spiro atoms. The molecular weight excluding hydrogens is 632 g/mol. The minimum atomic E-state index is -5.21. The number of aliphatic hydroxyl groups is 4. The lowest BCUT2D eigenvalue weighted by molar-refractivity contribution is -0.268.